The van der Waals surface area contributed by atoms with Crippen LogP contribution in [-0.4, -0.2) is 32.7 Å². The lowest BCUT2D eigenvalue weighted by Crippen LogP contribution is -2.25. The summed E-state index contributed by atoms with van der Waals surface area (Å²) in [6.07, 6.45) is 2.46. The third-order valence-corrected chi connectivity index (χ3v) is 3.68. The Kier molecular flexibility index (Phi) is 4.47. The van der Waals surface area contributed by atoms with Crippen LogP contribution < -0.4 is 15.0 Å². The first-order valence-electron chi connectivity index (χ1n) is 6.08. The van der Waals surface area contributed by atoms with E-state index in [4.69, 9.17) is 4.74 Å². The van der Waals surface area contributed by atoms with Gasteiger partial charge < -0.3 is 15.0 Å². The van der Waals surface area contributed by atoms with Crippen molar-refractivity contribution in [3.05, 3.63) is 22.7 Å². The van der Waals surface area contributed by atoms with Crippen molar-refractivity contribution in [2.24, 2.45) is 0 Å². The lowest BCUT2D eigenvalue weighted by atomic mass is 10.3. The first kappa shape index (κ1) is 13.2. The maximum atomic E-state index is 11.1. The summed E-state index contributed by atoms with van der Waals surface area (Å²) in [5, 5.41) is 2.53. The van der Waals surface area contributed by atoms with Crippen LogP contribution in [-0.2, 0) is 4.79 Å². The molecule has 1 aliphatic heterocycles. The summed E-state index contributed by atoms with van der Waals surface area (Å²) in [4.78, 5) is 13.5. The van der Waals surface area contributed by atoms with Crippen molar-refractivity contribution in [1.29, 1.82) is 0 Å². The molecule has 18 heavy (non-hydrogen) atoms. The topological polar surface area (TPSA) is 41.6 Å². The Bertz CT molecular complexity index is 431. The second-order valence-electron chi connectivity index (χ2n) is 4.27. The summed E-state index contributed by atoms with van der Waals surface area (Å²) in [5.74, 6) is 0.601. The molecule has 1 heterocycles. The summed E-state index contributed by atoms with van der Waals surface area (Å²) in [7, 11) is 1.60. The number of halogens is 1. The number of ether oxygens (including phenoxy) is 1. The number of carbonyl (C=O) groups is 1. The van der Waals surface area contributed by atoms with Gasteiger partial charge in [0.25, 0.3) is 5.91 Å². The molecule has 0 aliphatic carbocycles. The minimum Gasteiger partial charge on any atom is -0.484 e. The summed E-state index contributed by atoms with van der Waals surface area (Å²) in [6, 6.07) is 5.82. The summed E-state index contributed by atoms with van der Waals surface area (Å²) >= 11 is 3.56. The van der Waals surface area contributed by atoms with Crippen LogP contribution in [0.4, 0.5) is 5.69 Å². The van der Waals surface area contributed by atoms with Gasteiger partial charge in [0.15, 0.2) is 6.61 Å². The van der Waals surface area contributed by atoms with Crippen LogP contribution in [0.3, 0.4) is 0 Å². The van der Waals surface area contributed by atoms with Crippen LogP contribution in [0.15, 0.2) is 22.7 Å². The van der Waals surface area contributed by atoms with Crippen LogP contribution >= 0.6 is 15.9 Å². The van der Waals surface area contributed by atoms with E-state index in [1.165, 1.54) is 12.8 Å². The fourth-order valence-corrected chi connectivity index (χ4v) is 2.50. The van der Waals surface area contributed by atoms with E-state index in [1.807, 2.05) is 18.2 Å². The normalized spacial score (nSPS) is 14.7. The SMILES string of the molecule is CNC(=O)COc1ccc(Br)c(N2CCCC2)c1. The highest BCUT2D eigenvalue weighted by Crippen LogP contribution is 2.32. The van der Waals surface area contributed by atoms with Crippen LogP contribution in [0.5, 0.6) is 5.75 Å². The number of rotatable bonds is 4. The van der Waals surface area contributed by atoms with E-state index in [9.17, 15) is 4.79 Å². The number of anilines is 1. The maximum Gasteiger partial charge on any atom is 0.257 e. The summed E-state index contributed by atoms with van der Waals surface area (Å²) in [5.41, 5.74) is 1.14. The fourth-order valence-electron chi connectivity index (χ4n) is 2.00. The number of hydrogen-bond acceptors (Lipinski definition) is 3. The molecule has 0 spiro atoms. The lowest BCUT2D eigenvalue weighted by Gasteiger charge is -2.20. The van der Waals surface area contributed by atoms with Crippen molar-refractivity contribution in [3.63, 3.8) is 0 Å². The molecule has 1 saturated heterocycles. The van der Waals surface area contributed by atoms with E-state index >= 15 is 0 Å². The van der Waals surface area contributed by atoms with Crippen molar-refractivity contribution in [2.45, 2.75) is 12.8 Å². The van der Waals surface area contributed by atoms with Gasteiger partial charge in [0, 0.05) is 30.7 Å². The van der Waals surface area contributed by atoms with Crippen molar-refractivity contribution < 1.29 is 9.53 Å². The molecular weight excluding hydrogens is 296 g/mol. The number of benzene rings is 1. The van der Waals surface area contributed by atoms with Crippen molar-refractivity contribution in [3.8, 4) is 5.75 Å². The molecule has 0 bridgehead atoms. The van der Waals surface area contributed by atoms with Crippen LogP contribution in [0.1, 0.15) is 12.8 Å². The Morgan fingerprint density at radius 3 is 2.83 bits per heavy atom. The number of hydrogen-bond donors (Lipinski definition) is 1. The highest BCUT2D eigenvalue weighted by atomic mass is 79.9. The Balaban J connectivity index is 2.08. The molecule has 0 radical (unpaired) electrons. The highest BCUT2D eigenvalue weighted by molar-refractivity contribution is 9.10. The van der Waals surface area contributed by atoms with Gasteiger partial charge in [-0.3, -0.25) is 4.79 Å². The molecule has 4 nitrogen and oxygen atoms in total. The number of nitrogens with zero attached hydrogens (tertiary/aromatic N) is 1. The number of nitrogens with one attached hydrogen (secondary N) is 1. The van der Waals surface area contributed by atoms with Gasteiger partial charge >= 0.3 is 0 Å². The fraction of sp³-hybridized carbons (Fsp3) is 0.462. The van der Waals surface area contributed by atoms with E-state index in [2.05, 4.69) is 26.1 Å². The number of carbonyl (C=O) groups excluding carboxylic acids is 1. The molecule has 2 rings (SSSR count). The smallest absolute Gasteiger partial charge is 0.257 e. The molecule has 0 aromatic heterocycles. The molecule has 1 aromatic carbocycles. The minimum absolute atomic E-state index is 0.0531. The molecule has 5 heteroatoms. The van der Waals surface area contributed by atoms with Crippen molar-refractivity contribution in [2.75, 3.05) is 31.6 Å². The second kappa shape index (κ2) is 6.09. The second-order valence-corrected chi connectivity index (χ2v) is 5.12. The van der Waals surface area contributed by atoms with Gasteiger partial charge in [-0.25, -0.2) is 0 Å². The van der Waals surface area contributed by atoms with Crippen molar-refractivity contribution >= 4 is 27.5 Å². The van der Waals surface area contributed by atoms with E-state index in [0.29, 0.717) is 0 Å². The van der Waals surface area contributed by atoms with Gasteiger partial charge in [0.2, 0.25) is 0 Å². The maximum absolute atomic E-state index is 11.1. The van der Waals surface area contributed by atoms with Gasteiger partial charge in [0.1, 0.15) is 5.75 Å². The molecule has 0 unspecified atom stereocenters. The van der Waals surface area contributed by atoms with E-state index in [-0.39, 0.29) is 12.5 Å². The van der Waals surface area contributed by atoms with Crippen LogP contribution in [0.2, 0.25) is 0 Å². The number of likely N-dealkylation sites (N-methyl/N-ethyl adjacent to an activating group) is 1. The third kappa shape index (κ3) is 3.16. The lowest BCUT2D eigenvalue weighted by molar-refractivity contribution is -0.122. The first-order chi connectivity index (χ1) is 8.70. The Morgan fingerprint density at radius 1 is 1.44 bits per heavy atom. The predicted molar refractivity (Wildman–Crippen MR) is 75.2 cm³/mol. The average molecular weight is 313 g/mol. The number of amides is 1. The molecule has 1 N–H and O–H groups in total. The standard InChI is InChI=1S/C13H17BrN2O2/c1-15-13(17)9-18-10-4-5-11(14)12(8-10)16-6-2-3-7-16/h4-5,8H,2-3,6-7,9H2,1H3,(H,15,17). The molecule has 0 atom stereocenters. The molecule has 1 amide bonds. The predicted octanol–water partition coefficient (Wildman–Crippen LogP) is 2.17. The third-order valence-electron chi connectivity index (χ3n) is 3.01. The van der Waals surface area contributed by atoms with Crippen molar-refractivity contribution in [1.82, 2.24) is 5.32 Å². The summed E-state index contributed by atoms with van der Waals surface area (Å²) < 4.78 is 6.52. The van der Waals surface area contributed by atoms with Gasteiger partial charge in [-0.1, -0.05) is 0 Å². The Hall–Kier alpha value is -1.23. The van der Waals surface area contributed by atoms with Crippen LogP contribution in [0.25, 0.3) is 0 Å². The quantitative estimate of drug-likeness (QED) is 0.926. The zero-order valence-electron chi connectivity index (χ0n) is 10.4. The molecule has 98 valence electrons. The molecular formula is C13H17BrN2O2. The molecule has 1 fully saturated rings. The Labute approximate surface area is 115 Å². The zero-order valence-corrected chi connectivity index (χ0v) is 12.0. The minimum atomic E-state index is -0.124. The van der Waals surface area contributed by atoms with E-state index < -0.39 is 0 Å². The van der Waals surface area contributed by atoms with Gasteiger partial charge in [0.05, 0.1) is 5.69 Å². The van der Waals surface area contributed by atoms with Gasteiger partial charge in [-0.2, -0.15) is 0 Å². The molecule has 1 aliphatic rings. The van der Waals surface area contributed by atoms with E-state index in [0.717, 1.165) is 29.0 Å². The first-order valence-corrected chi connectivity index (χ1v) is 6.88. The summed E-state index contributed by atoms with van der Waals surface area (Å²) in [6.45, 7) is 2.21. The molecule has 0 saturated carbocycles. The zero-order chi connectivity index (χ0) is 13.0. The van der Waals surface area contributed by atoms with Gasteiger partial charge in [-0.05, 0) is 40.9 Å². The monoisotopic (exact) mass is 312 g/mol. The molecule has 1 aromatic rings. The van der Waals surface area contributed by atoms with Gasteiger partial charge in [-0.15, -0.1) is 0 Å². The van der Waals surface area contributed by atoms with Crippen LogP contribution in [0, 0.1) is 0 Å². The average Bonchev–Trinajstić information content (AvgIpc) is 2.91. The highest BCUT2D eigenvalue weighted by Gasteiger charge is 2.15. The largest absolute Gasteiger partial charge is 0.484 e. The van der Waals surface area contributed by atoms with E-state index in [1.54, 1.807) is 7.05 Å². The Morgan fingerprint density at radius 2 is 2.17 bits per heavy atom.